The van der Waals surface area contributed by atoms with E-state index in [1.165, 1.54) is 12.0 Å². The van der Waals surface area contributed by atoms with Gasteiger partial charge in [0.05, 0.1) is 0 Å². The van der Waals surface area contributed by atoms with Gasteiger partial charge in [0, 0.05) is 23.3 Å². The fraction of sp³-hybridized carbons (Fsp3) is 0.429. The number of nitrogens with zero attached hydrogens (tertiary/aromatic N) is 2. The van der Waals surface area contributed by atoms with Gasteiger partial charge in [-0.15, -0.1) is 10.2 Å². The average molecular weight is 258 g/mol. The van der Waals surface area contributed by atoms with E-state index in [4.69, 9.17) is 10.2 Å². The highest BCUT2D eigenvalue weighted by Gasteiger charge is 2.21. The van der Waals surface area contributed by atoms with E-state index in [9.17, 15) is 0 Å². The van der Waals surface area contributed by atoms with Crippen LogP contribution in [0.2, 0.25) is 0 Å². The fourth-order valence-corrected chi connectivity index (χ4v) is 2.62. The van der Waals surface area contributed by atoms with E-state index in [1.807, 2.05) is 6.07 Å². The zero-order valence-electron chi connectivity index (χ0n) is 11.0. The van der Waals surface area contributed by atoms with E-state index in [0.29, 0.717) is 18.0 Å². The Kier molecular flexibility index (Phi) is 3.21. The van der Waals surface area contributed by atoms with Crippen LogP contribution in [0.3, 0.4) is 0 Å². The summed E-state index contributed by atoms with van der Waals surface area (Å²) >= 11 is 0. The number of anilines is 1. The van der Waals surface area contributed by atoms with Crippen molar-refractivity contribution in [3.8, 4) is 11.5 Å². The minimum atomic E-state index is 0.343. The molecule has 2 atom stereocenters. The van der Waals surface area contributed by atoms with Crippen molar-refractivity contribution in [3.05, 3.63) is 30.2 Å². The highest BCUT2D eigenvalue weighted by Crippen LogP contribution is 2.27. The van der Waals surface area contributed by atoms with Gasteiger partial charge in [0.25, 0.3) is 0 Å². The third kappa shape index (κ3) is 2.61. The van der Waals surface area contributed by atoms with Gasteiger partial charge in [-0.25, -0.2) is 0 Å². The van der Waals surface area contributed by atoms with Crippen molar-refractivity contribution in [3.63, 3.8) is 0 Å². The molecule has 1 aromatic carbocycles. The van der Waals surface area contributed by atoms with Crippen LogP contribution < -0.4 is 11.1 Å². The van der Waals surface area contributed by atoms with Crippen molar-refractivity contribution >= 4 is 5.69 Å². The number of aryl methyl sites for hydroxylation is 1. The van der Waals surface area contributed by atoms with Crippen LogP contribution in [0.4, 0.5) is 5.69 Å². The normalized spacial score (nSPS) is 22.6. The second-order valence-corrected chi connectivity index (χ2v) is 5.19. The van der Waals surface area contributed by atoms with E-state index in [2.05, 4.69) is 34.6 Å². The van der Waals surface area contributed by atoms with Gasteiger partial charge in [0.1, 0.15) is 0 Å². The van der Waals surface area contributed by atoms with Gasteiger partial charge < -0.3 is 15.5 Å². The first-order valence-corrected chi connectivity index (χ1v) is 6.61. The minimum Gasteiger partial charge on any atom is -0.423 e. The molecular weight excluding hydrogens is 240 g/mol. The Morgan fingerprint density at radius 1 is 1.37 bits per heavy atom. The molecule has 0 amide bonds. The molecule has 1 aliphatic rings. The molecule has 2 unspecified atom stereocenters. The lowest BCUT2D eigenvalue weighted by molar-refractivity contribution is 0.568. The third-order valence-corrected chi connectivity index (χ3v) is 3.67. The Balaban J connectivity index is 1.76. The maximum atomic E-state index is 5.94. The van der Waals surface area contributed by atoms with E-state index in [-0.39, 0.29) is 0 Å². The molecule has 1 aliphatic carbocycles. The van der Waals surface area contributed by atoms with Gasteiger partial charge in [-0.05, 0) is 49.9 Å². The molecule has 3 rings (SSSR count). The SMILES string of the molecule is Cc1cc(-c2nnco2)ccc1NC1CCC(N)C1. The summed E-state index contributed by atoms with van der Waals surface area (Å²) in [6.45, 7) is 2.08. The van der Waals surface area contributed by atoms with Crippen LogP contribution in [0.1, 0.15) is 24.8 Å². The van der Waals surface area contributed by atoms with Crippen LogP contribution in [0.25, 0.3) is 11.5 Å². The smallest absolute Gasteiger partial charge is 0.247 e. The van der Waals surface area contributed by atoms with Gasteiger partial charge in [-0.2, -0.15) is 0 Å². The van der Waals surface area contributed by atoms with Gasteiger partial charge >= 0.3 is 0 Å². The maximum Gasteiger partial charge on any atom is 0.247 e. The molecular formula is C14H18N4O. The molecule has 1 fully saturated rings. The Hall–Kier alpha value is -1.88. The molecule has 5 heteroatoms. The number of hydrogen-bond donors (Lipinski definition) is 2. The predicted octanol–water partition coefficient (Wildman–Crippen LogP) is 2.34. The molecule has 0 aliphatic heterocycles. The Labute approximate surface area is 112 Å². The van der Waals surface area contributed by atoms with Crippen LogP contribution in [0.15, 0.2) is 29.0 Å². The molecule has 1 heterocycles. The summed E-state index contributed by atoms with van der Waals surface area (Å²) in [5.74, 6) is 0.553. The first-order valence-electron chi connectivity index (χ1n) is 6.61. The monoisotopic (exact) mass is 258 g/mol. The molecule has 100 valence electrons. The molecule has 3 N–H and O–H groups in total. The third-order valence-electron chi connectivity index (χ3n) is 3.67. The quantitative estimate of drug-likeness (QED) is 0.883. The van der Waals surface area contributed by atoms with Gasteiger partial charge in [0.2, 0.25) is 12.3 Å². The van der Waals surface area contributed by atoms with Crippen LogP contribution in [0.5, 0.6) is 0 Å². The summed E-state index contributed by atoms with van der Waals surface area (Å²) in [6, 6.07) is 6.96. The number of hydrogen-bond acceptors (Lipinski definition) is 5. The highest BCUT2D eigenvalue weighted by atomic mass is 16.4. The summed E-state index contributed by atoms with van der Waals surface area (Å²) in [7, 11) is 0. The van der Waals surface area contributed by atoms with Crippen molar-refractivity contribution in [2.75, 3.05) is 5.32 Å². The fourth-order valence-electron chi connectivity index (χ4n) is 2.62. The van der Waals surface area contributed by atoms with Crippen molar-refractivity contribution in [2.45, 2.75) is 38.3 Å². The van der Waals surface area contributed by atoms with Crippen LogP contribution in [-0.4, -0.2) is 22.3 Å². The number of aromatic nitrogens is 2. The lowest BCUT2D eigenvalue weighted by Gasteiger charge is -2.16. The van der Waals surface area contributed by atoms with Gasteiger partial charge in [-0.3, -0.25) is 0 Å². The number of rotatable bonds is 3. The van der Waals surface area contributed by atoms with Crippen molar-refractivity contribution < 1.29 is 4.42 Å². The van der Waals surface area contributed by atoms with E-state index in [0.717, 1.165) is 30.5 Å². The van der Waals surface area contributed by atoms with Crippen molar-refractivity contribution in [1.29, 1.82) is 0 Å². The Morgan fingerprint density at radius 2 is 2.26 bits per heavy atom. The molecule has 0 bridgehead atoms. The number of nitrogens with two attached hydrogens (primary N) is 1. The molecule has 1 aromatic heterocycles. The zero-order chi connectivity index (χ0) is 13.2. The standard InChI is InChI=1S/C14H18N4O/c1-9-6-10(14-18-16-8-19-14)2-5-13(9)17-12-4-3-11(15)7-12/h2,5-6,8,11-12,17H,3-4,7,15H2,1H3. The van der Waals surface area contributed by atoms with E-state index >= 15 is 0 Å². The summed E-state index contributed by atoms with van der Waals surface area (Å²) in [4.78, 5) is 0. The van der Waals surface area contributed by atoms with E-state index in [1.54, 1.807) is 0 Å². The molecule has 0 saturated heterocycles. The van der Waals surface area contributed by atoms with Crippen LogP contribution in [-0.2, 0) is 0 Å². The van der Waals surface area contributed by atoms with Gasteiger partial charge in [0.15, 0.2) is 0 Å². The highest BCUT2D eigenvalue weighted by molar-refractivity contribution is 5.62. The number of nitrogens with one attached hydrogen (secondary N) is 1. The van der Waals surface area contributed by atoms with Crippen LogP contribution >= 0.6 is 0 Å². The first kappa shape index (κ1) is 12.2. The maximum absolute atomic E-state index is 5.94. The molecule has 2 aromatic rings. The summed E-state index contributed by atoms with van der Waals surface area (Å²) in [5, 5.41) is 11.2. The lowest BCUT2D eigenvalue weighted by Crippen LogP contribution is -2.21. The molecule has 0 spiro atoms. The van der Waals surface area contributed by atoms with Gasteiger partial charge in [-0.1, -0.05) is 0 Å². The minimum absolute atomic E-state index is 0.343. The topological polar surface area (TPSA) is 77.0 Å². The summed E-state index contributed by atoms with van der Waals surface area (Å²) in [5.41, 5.74) is 9.22. The molecule has 1 saturated carbocycles. The summed E-state index contributed by atoms with van der Waals surface area (Å²) < 4.78 is 5.20. The van der Waals surface area contributed by atoms with Crippen molar-refractivity contribution in [1.82, 2.24) is 10.2 Å². The largest absolute Gasteiger partial charge is 0.423 e. The first-order chi connectivity index (χ1) is 9.22. The molecule has 19 heavy (non-hydrogen) atoms. The molecule has 5 nitrogen and oxygen atoms in total. The predicted molar refractivity (Wildman–Crippen MR) is 73.7 cm³/mol. The zero-order valence-corrected chi connectivity index (χ0v) is 11.0. The van der Waals surface area contributed by atoms with Crippen molar-refractivity contribution in [2.24, 2.45) is 5.73 Å². The average Bonchev–Trinajstić information content (AvgIpc) is 3.03. The van der Waals surface area contributed by atoms with Crippen LogP contribution in [0, 0.1) is 6.92 Å². The second kappa shape index (κ2) is 5.01. The van der Waals surface area contributed by atoms with E-state index < -0.39 is 0 Å². The Bertz CT molecular complexity index is 553. The number of benzene rings is 1. The molecule has 0 radical (unpaired) electrons. The lowest BCUT2D eigenvalue weighted by atomic mass is 10.1. The Morgan fingerprint density at radius 3 is 2.89 bits per heavy atom. The summed E-state index contributed by atoms with van der Waals surface area (Å²) in [6.07, 6.45) is 4.64. The second-order valence-electron chi connectivity index (χ2n) is 5.19.